The van der Waals surface area contributed by atoms with Gasteiger partial charge in [-0.3, -0.25) is 14.9 Å². The van der Waals surface area contributed by atoms with Crippen LogP contribution < -0.4 is 0 Å². The number of hydrogen-bond donors (Lipinski definition) is 1. The fourth-order valence-electron chi connectivity index (χ4n) is 2.58. The normalized spacial score (nSPS) is 22.7. The molecule has 1 aromatic rings. The van der Waals surface area contributed by atoms with Crippen molar-refractivity contribution >= 4 is 33.3 Å². The van der Waals surface area contributed by atoms with E-state index in [0.717, 1.165) is 16.4 Å². The first-order chi connectivity index (χ1) is 10.6. The van der Waals surface area contributed by atoms with Gasteiger partial charge >= 0.3 is 5.97 Å². The molecule has 0 amide bonds. The molecule has 2 atom stereocenters. The second-order valence-electron chi connectivity index (χ2n) is 5.41. The molecule has 1 saturated heterocycles. The summed E-state index contributed by atoms with van der Waals surface area (Å²) in [6.45, 7) is 1.43. The number of nitro benzene ring substituents is 1. The Morgan fingerprint density at radius 3 is 2.65 bits per heavy atom. The van der Waals surface area contributed by atoms with Crippen molar-refractivity contribution in [3.05, 3.63) is 33.3 Å². The first-order valence-corrected chi connectivity index (χ1v) is 8.65. The van der Waals surface area contributed by atoms with Crippen LogP contribution in [0.5, 0.6) is 0 Å². The molecule has 0 bridgehead atoms. The van der Waals surface area contributed by atoms with Gasteiger partial charge < -0.3 is 5.11 Å². The van der Waals surface area contributed by atoms with Gasteiger partial charge in [-0.05, 0) is 31.9 Å². The summed E-state index contributed by atoms with van der Waals surface area (Å²) in [5, 5.41) is 20.3. The molecule has 1 aliphatic rings. The minimum atomic E-state index is -4.23. The number of carboxylic acid groups (broad SMARTS) is 1. The van der Waals surface area contributed by atoms with Crippen LogP contribution in [0.2, 0.25) is 5.02 Å². The predicted molar refractivity (Wildman–Crippen MR) is 81.8 cm³/mol. The zero-order chi connectivity index (χ0) is 17.4. The summed E-state index contributed by atoms with van der Waals surface area (Å²) in [7, 11) is -4.23. The van der Waals surface area contributed by atoms with Gasteiger partial charge in [-0.25, -0.2) is 8.42 Å². The number of nitro groups is 1. The van der Waals surface area contributed by atoms with E-state index in [0.29, 0.717) is 12.8 Å². The van der Waals surface area contributed by atoms with Gasteiger partial charge in [0, 0.05) is 23.7 Å². The number of aliphatic carboxylic acids is 1. The van der Waals surface area contributed by atoms with Crippen LogP contribution in [0.1, 0.15) is 19.8 Å². The Labute approximate surface area is 137 Å². The SMILES string of the molecule is CC1CCC(C(=O)O)CN1S(=O)(=O)c1cc(Cl)ccc1[N+](=O)[O-]. The van der Waals surface area contributed by atoms with Crippen molar-refractivity contribution in [2.45, 2.75) is 30.7 Å². The molecule has 1 aliphatic heterocycles. The zero-order valence-corrected chi connectivity index (χ0v) is 13.7. The summed E-state index contributed by atoms with van der Waals surface area (Å²) in [5.74, 6) is -1.92. The fraction of sp³-hybridized carbons (Fsp3) is 0.462. The van der Waals surface area contributed by atoms with E-state index in [1.807, 2.05) is 0 Å². The third-order valence-corrected chi connectivity index (χ3v) is 6.12. The van der Waals surface area contributed by atoms with Crippen LogP contribution in [-0.2, 0) is 14.8 Å². The second-order valence-corrected chi connectivity index (χ2v) is 7.70. The Morgan fingerprint density at radius 1 is 1.43 bits per heavy atom. The molecule has 0 saturated carbocycles. The number of hydrogen-bond acceptors (Lipinski definition) is 5. The number of nitrogens with zero attached hydrogens (tertiary/aromatic N) is 2. The van der Waals surface area contributed by atoms with Crippen molar-refractivity contribution in [1.29, 1.82) is 0 Å². The molecule has 2 unspecified atom stereocenters. The number of benzene rings is 1. The van der Waals surface area contributed by atoms with E-state index >= 15 is 0 Å². The van der Waals surface area contributed by atoms with E-state index in [2.05, 4.69) is 0 Å². The van der Waals surface area contributed by atoms with Gasteiger partial charge in [-0.15, -0.1) is 0 Å². The van der Waals surface area contributed by atoms with E-state index in [4.69, 9.17) is 16.7 Å². The van der Waals surface area contributed by atoms with Crippen molar-refractivity contribution < 1.29 is 23.2 Å². The summed E-state index contributed by atoms with van der Waals surface area (Å²) in [6, 6.07) is 2.83. The van der Waals surface area contributed by atoms with Crippen LogP contribution in [0.3, 0.4) is 0 Å². The average Bonchev–Trinajstić information content (AvgIpc) is 2.46. The summed E-state index contributed by atoms with van der Waals surface area (Å²) in [6.07, 6.45) is 0.727. The van der Waals surface area contributed by atoms with Crippen molar-refractivity contribution in [3.63, 3.8) is 0 Å². The Hall–Kier alpha value is -1.71. The highest BCUT2D eigenvalue weighted by molar-refractivity contribution is 7.89. The molecular formula is C13H15ClN2O6S. The lowest BCUT2D eigenvalue weighted by Crippen LogP contribution is -2.47. The quantitative estimate of drug-likeness (QED) is 0.647. The van der Waals surface area contributed by atoms with Gasteiger partial charge in [0.1, 0.15) is 0 Å². The van der Waals surface area contributed by atoms with Gasteiger partial charge in [-0.2, -0.15) is 4.31 Å². The topological polar surface area (TPSA) is 118 Å². The van der Waals surface area contributed by atoms with Crippen molar-refractivity contribution in [1.82, 2.24) is 4.31 Å². The molecule has 0 radical (unpaired) electrons. The predicted octanol–water partition coefficient (Wildman–Crippen LogP) is 2.12. The minimum absolute atomic E-state index is 0.0497. The molecule has 0 aliphatic carbocycles. The van der Waals surface area contributed by atoms with Crippen LogP contribution in [0.15, 0.2) is 23.1 Å². The minimum Gasteiger partial charge on any atom is -0.481 e. The third kappa shape index (κ3) is 3.46. The summed E-state index contributed by atoms with van der Waals surface area (Å²) < 4.78 is 26.6. The van der Waals surface area contributed by atoms with Gasteiger partial charge in [-0.1, -0.05) is 11.6 Å². The number of halogens is 1. The van der Waals surface area contributed by atoms with E-state index in [9.17, 15) is 23.3 Å². The fourth-order valence-corrected chi connectivity index (χ4v) is 4.71. The molecule has 1 N–H and O–H groups in total. The Balaban J connectivity index is 2.51. The Morgan fingerprint density at radius 2 is 2.09 bits per heavy atom. The first-order valence-electron chi connectivity index (χ1n) is 6.83. The molecule has 0 spiro atoms. The van der Waals surface area contributed by atoms with Gasteiger partial charge in [0.15, 0.2) is 4.90 Å². The molecule has 1 aromatic carbocycles. The standard InChI is InChI=1S/C13H15ClN2O6S/c1-8-2-3-9(13(17)18)7-15(8)23(21,22)12-6-10(14)4-5-11(12)16(19)20/h4-6,8-9H,2-3,7H2,1H3,(H,17,18). The maximum atomic E-state index is 12.8. The lowest BCUT2D eigenvalue weighted by molar-refractivity contribution is -0.387. The van der Waals surface area contributed by atoms with E-state index in [-0.39, 0.29) is 11.6 Å². The number of piperidine rings is 1. The van der Waals surface area contributed by atoms with Crippen LogP contribution >= 0.6 is 11.6 Å². The first kappa shape index (κ1) is 17.6. The van der Waals surface area contributed by atoms with Crippen LogP contribution in [0.25, 0.3) is 0 Å². The summed E-state index contributed by atoms with van der Waals surface area (Å²) in [5.41, 5.74) is -0.584. The molecule has 1 heterocycles. The number of rotatable bonds is 4. The monoisotopic (exact) mass is 362 g/mol. The number of carbonyl (C=O) groups is 1. The second kappa shape index (κ2) is 6.42. The Bertz CT molecular complexity index is 751. The van der Waals surface area contributed by atoms with Crippen molar-refractivity contribution in [2.75, 3.05) is 6.54 Å². The molecular weight excluding hydrogens is 348 g/mol. The van der Waals surface area contributed by atoms with Crippen LogP contribution in [0, 0.1) is 16.0 Å². The van der Waals surface area contributed by atoms with E-state index < -0.39 is 43.5 Å². The van der Waals surface area contributed by atoms with Crippen molar-refractivity contribution in [2.24, 2.45) is 5.92 Å². The Kier molecular flexibility index (Phi) is 4.92. The highest BCUT2D eigenvalue weighted by Crippen LogP contribution is 2.33. The third-order valence-electron chi connectivity index (χ3n) is 3.88. The average molecular weight is 363 g/mol. The highest BCUT2D eigenvalue weighted by atomic mass is 35.5. The lowest BCUT2D eigenvalue weighted by Gasteiger charge is -2.35. The van der Waals surface area contributed by atoms with E-state index in [1.54, 1.807) is 6.92 Å². The smallest absolute Gasteiger partial charge is 0.307 e. The molecule has 23 heavy (non-hydrogen) atoms. The molecule has 8 nitrogen and oxygen atoms in total. The van der Waals surface area contributed by atoms with Crippen LogP contribution in [-0.4, -0.2) is 41.3 Å². The van der Waals surface area contributed by atoms with Crippen molar-refractivity contribution in [3.8, 4) is 0 Å². The van der Waals surface area contributed by atoms with Crippen LogP contribution in [0.4, 0.5) is 5.69 Å². The van der Waals surface area contributed by atoms with Gasteiger partial charge in [0.25, 0.3) is 5.69 Å². The van der Waals surface area contributed by atoms with Gasteiger partial charge in [0.05, 0.1) is 10.8 Å². The number of carboxylic acids is 1. The largest absolute Gasteiger partial charge is 0.481 e. The number of sulfonamides is 1. The maximum Gasteiger partial charge on any atom is 0.307 e. The molecule has 1 fully saturated rings. The molecule has 2 rings (SSSR count). The lowest BCUT2D eigenvalue weighted by atomic mass is 9.96. The zero-order valence-electron chi connectivity index (χ0n) is 12.2. The molecule has 10 heteroatoms. The van der Waals surface area contributed by atoms with E-state index in [1.165, 1.54) is 6.07 Å². The molecule has 0 aromatic heterocycles. The maximum absolute atomic E-state index is 12.8. The summed E-state index contributed by atoms with van der Waals surface area (Å²) >= 11 is 5.78. The molecule has 126 valence electrons. The summed E-state index contributed by atoms with van der Waals surface area (Å²) in [4.78, 5) is 20.9. The van der Waals surface area contributed by atoms with Gasteiger partial charge in [0.2, 0.25) is 10.0 Å². The highest BCUT2D eigenvalue weighted by Gasteiger charge is 2.40.